The van der Waals surface area contributed by atoms with Gasteiger partial charge in [-0.05, 0) is 57.2 Å². The van der Waals surface area contributed by atoms with Crippen LogP contribution in [-0.4, -0.2) is 39.8 Å². The number of carbonyl (C=O) groups excluding carboxylic acids is 1. The lowest BCUT2D eigenvalue weighted by Gasteiger charge is -2.35. The number of hydrogen-bond acceptors (Lipinski definition) is 5. The van der Waals surface area contributed by atoms with Crippen LogP contribution in [0.1, 0.15) is 56.8 Å². The van der Waals surface area contributed by atoms with Gasteiger partial charge in [0.2, 0.25) is 5.89 Å². The molecular formula is C20H23F4N3O3. The van der Waals surface area contributed by atoms with E-state index in [9.17, 15) is 22.4 Å². The molecule has 0 spiro atoms. The molecule has 6 nitrogen and oxygen atoms in total. The number of ether oxygens (including phenoxy) is 1. The van der Waals surface area contributed by atoms with E-state index >= 15 is 0 Å². The summed E-state index contributed by atoms with van der Waals surface area (Å²) in [7, 11) is 0. The number of benzene rings is 1. The van der Waals surface area contributed by atoms with Gasteiger partial charge in [0.1, 0.15) is 11.4 Å². The molecule has 3 rings (SSSR count). The Morgan fingerprint density at radius 1 is 1.17 bits per heavy atom. The van der Waals surface area contributed by atoms with Gasteiger partial charge in [0.25, 0.3) is 5.82 Å². The molecule has 10 heteroatoms. The summed E-state index contributed by atoms with van der Waals surface area (Å²) in [6.45, 7) is 6.07. The summed E-state index contributed by atoms with van der Waals surface area (Å²) in [5, 5.41) is 3.06. The molecule has 30 heavy (non-hydrogen) atoms. The number of alkyl halides is 3. The quantitative estimate of drug-likeness (QED) is 0.642. The summed E-state index contributed by atoms with van der Waals surface area (Å²) < 4.78 is 62.5. The Bertz CT molecular complexity index is 867. The second kappa shape index (κ2) is 8.23. The largest absolute Gasteiger partial charge is 0.455 e. The van der Waals surface area contributed by atoms with E-state index in [2.05, 4.69) is 10.1 Å². The van der Waals surface area contributed by atoms with Crippen molar-refractivity contribution < 1.29 is 31.6 Å². The predicted molar refractivity (Wildman–Crippen MR) is 98.1 cm³/mol. The third-order valence-electron chi connectivity index (χ3n) is 4.85. The molecule has 0 N–H and O–H groups in total. The summed E-state index contributed by atoms with van der Waals surface area (Å²) in [5.74, 6) is -2.80. The highest BCUT2D eigenvalue weighted by Gasteiger charge is 2.40. The van der Waals surface area contributed by atoms with Crippen LogP contribution in [0.15, 0.2) is 28.8 Å². The van der Waals surface area contributed by atoms with Gasteiger partial charge >= 0.3 is 12.3 Å². The first kappa shape index (κ1) is 22.0. The number of nitrogens with zero attached hydrogens (tertiary/aromatic N) is 3. The minimum Gasteiger partial charge on any atom is -0.444 e. The molecule has 1 aromatic carbocycles. The summed E-state index contributed by atoms with van der Waals surface area (Å²) in [6, 6.07) is 5.47. The fraction of sp³-hybridized carbons (Fsp3) is 0.550. The van der Waals surface area contributed by atoms with Crippen molar-refractivity contribution in [2.45, 2.75) is 51.3 Å². The van der Waals surface area contributed by atoms with Crippen molar-refractivity contribution >= 4 is 6.09 Å². The Hall–Kier alpha value is -2.65. The summed E-state index contributed by atoms with van der Waals surface area (Å²) in [6.07, 6.45) is -4.18. The molecule has 1 aliphatic rings. The van der Waals surface area contributed by atoms with Crippen LogP contribution in [0, 0.1) is 11.7 Å². The zero-order valence-electron chi connectivity index (χ0n) is 16.9. The summed E-state index contributed by atoms with van der Waals surface area (Å²) in [4.78, 5) is 17.4. The smallest absolute Gasteiger partial charge is 0.444 e. The van der Waals surface area contributed by atoms with Gasteiger partial charge in [-0.2, -0.15) is 18.2 Å². The van der Waals surface area contributed by atoms with Gasteiger partial charge in [0.15, 0.2) is 0 Å². The van der Waals surface area contributed by atoms with E-state index in [1.54, 1.807) is 25.7 Å². The zero-order chi connectivity index (χ0) is 22.1. The molecule has 1 saturated heterocycles. The Kier molecular flexibility index (Phi) is 6.05. The molecule has 2 aromatic rings. The number of aromatic nitrogens is 2. The molecular weight excluding hydrogens is 406 g/mol. The molecule has 1 amide bonds. The van der Waals surface area contributed by atoms with Crippen molar-refractivity contribution in [2.24, 2.45) is 5.92 Å². The number of piperidine rings is 1. The maximum absolute atomic E-state index is 13.4. The molecule has 1 atom stereocenters. The van der Waals surface area contributed by atoms with Crippen LogP contribution in [0.25, 0.3) is 0 Å². The maximum atomic E-state index is 13.4. The monoisotopic (exact) mass is 429 g/mol. The number of hydrogen-bond donors (Lipinski definition) is 0. The first-order valence-corrected chi connectivity index (χ1v) is 9.58. The SMILES string of the molecule is CC(C)(C)OC(=O)N1CCC(C(c2ccc(F)cc2)c2nc(C(F)(F)F)no2)CC1. The molecule has 1 fully saturated rings. The van der Waals surface area contributed by atoms with Gasteiger partial charge in [0, 0.05) is 13.1 Å². The number of halogens is 4. The average Bonchev–Trinajstić information content (AvgIpc) is 3.13. The Morgan fingerprint density at radius 3 is 2.27 bits per heavy atom. The maximum Gasteiger partial charge on any atom is 0.455 e. The van der Waals surface area contributed by atoms with Gasteiger partial charge in [-0.25, -0.2) is 9.18 Å². The lowest BCUT2D eigenvalue weighted by Crippen LogP contribution is -2.42. The van der Waals surface area contributed by atoms with E-state index in [-0.39, 0.29) is 11.8 Å². The molecule has 164 valence electrons. The van der Waals surface area contributed by atoms with E-state index in [1.165, 1.54) is 24.3 Å². The van der Waals surface area contributed by atoms with Crippen molar-refractivity contribution in [1.29, 1.82) is 0 Å². The van der Waals surface area contributed by atoms with Crippen LogP contribution in [0.2, 0.25) is 0 Å². The first-order valence-electron chi connectivity index (χ1n) is 9.58. The fourth-order valence-electron chi connectivity index (χ4n) is 3.51. The number of carbonyl (C=O) groups is 1. The van der Waals surface area contributed by atoms with Gasteiger partial charge in [0.05, 0.1) is 5.92 Å². The van der Waals surface area contributed by atoms with E-state index in [1.807, 2.05) is 0 Å². The third-order valence-corrected chi connectivity index (χ3v) is 4.85. The average molecular weight is 429 g/mol. The molecule has 1 aliphatic heterocycles. The Labute approximate surface area is 171 Å². The van der Waals surface area contributed by atoms with Gasteiger partial charge in [-0.15, -0.1) is 0 Å². The van der Waals surface area contributed by atoms with E-state index < -0.39 is 35.4 Å². The lowest BCUT2D eigenvalue weighted by molar-refractivity contribution is -0.146. The van der Waals surface area contributed by atoms with Crippen molar-refractivity contribution in [2.75, 3.05) is 13.1 Å². The van der Waals surface area contributed by atoms with Crippen LogP contribution in [-0.2, 0) is 10.9 Å². The van der Waals surface area contributed by atoms with Crippen LogP contribution >= 0.6 is 0 Å². The van der Waals surface area contributed by atoms with Crippen molar-refractivity contribution in [3.8, 4) is 0 Å². The highest BCUT2D eigenvalue weighted by atomic mass is 19.4. The van der Waals surface area contributed by atoms with E-state index in [4.69, 9.17) is 9.26 Å². The third kappa shape index (κ3) is 5.28. The van der Waals surface area contributed by atoms with E-state index in [0.717, 1.165) is 0 Å². The second-order valence-electron chi connectivity index (χ2n) is 8.29. The standard InChI is InChI=1S/C20H23F4N3O3/c1-19(2,3)29-18(28)27-10-8-13(9-11-27)15(12-4-6-14(21)7-5-12)16-25-17(26-30-16)20(22,23)24/h4-7,13,15H,8-11H2,1-3H3. The molecule has 0 bridgehead atoms. The second-order valence-corrected chi connectivity index (χ2v) is 8.29. The molecule has 0 radical (unpaired) electrons. The Balaban J connectivity index is 1.81. The molecule has 0 saturated carbocycles. The molecule has 0 aliphatic carbocycles. The molecule has 1 unspecified atom stereocenters. The number of amides is 1. The summed E-state index contributed by atoms with van der Waals surface area (Å²) >= 11 is 0. The minimum absolute atomic E-state index is 0.171. The van der Waals surface area contributed by atoms with E-state index in [0.29, 0.717) is 31.5 Å². The van der Waals surface area contributed by atoms with Crippen LogP contribution < -0.4 is 0 Å². The topological polar surface area (TPSA) is 68.5 Å². The number of likely N-dealkylation sites (tertiary alicyclic amines) is 1. The molecule has 2 heterocycles. The van der Waals surface area contributed by atoms with Crippen molar-refractivity contribution in [3.63, 3.8) is 0 Å². The fourth-order valence-corrected chi connectivity index (χ4v) is 3.51. The van der Waals surface area contributed by atoms with Crippen molar-refractivity contribution in [1.82, 2.24) is 15.0 Å². The van der Waals surface area contributed by atoms with Crippen molar-refractivity contribution in [3.05, 3.63) is 47.4 Å². The van der Waals surface area contributed by atoms with Crippen LogP contribution in [0.3, 0.4) is 0 Å². The Morgan fingerprint density at radius 2 is 1.77 bits per heavy atom. The van der Waals surface area contributed by atoms with Gasteiger partial charge in [-0.3, -0.25) is 0 Å². The zero-order valence-corrected chi connectivity index (χ0v) is 16.9. The number of rotatable bonds is 3. The predicted octanol–water partition coefficient (Wildman–Crippen LogP) is 5.01. The van der Waals surface area contributed by atoms with Crippen LogP contribution in [0.5, 0.6) is 0 Å². The highest BCUT2D eigenvalue weighted by Crippen LogP contribution is 2.39. The summed E-state index contributed by atoms with van der Waals surface area (Å²) in [5.41, 5.74) is -0.0491. The lowest BCUT2D eigenvalue weighted by atomic mass is 9.80. The first-order chi connectivity index (χ1) is 13.9. The van der Waals surface area contributed by atoms with Gasteiger partial charge < -0.3 is 14.2 Å². The highest BCUT2D eigenvalue weighted by molar-refractivity contribution is 5.68. The molecule has 1 aromatic heterocycles. The minimum atomic E-state index is -4.73. The normalized spacial score (nSPS) is 17.1. The van der Waals surface area contributed by atoms with Crippen LogP contribution in [0.4, 0.5) is 22.4 Å². The van der Waals surface area contributed by atoms with Gasteiger partial charge in [-0.1, -0.05) is 17.3 Å².